The lowest BCUT2D eigenvalue weighted by atomic mass is 10.3. The van der Waals surface area contributed by atoms with E-state index in [0.29, 0.717) is 17.6 Å². The average molecular weight is 317 g/mol. The van der Waals surface area contributed by atoms with Gasteiger partial charge < -0.3 is 9.73 Å². The lowest BCUT2D eigenvalue weighted by Gasteiger charge is -2.05. The van der Waals surface area contributed by atoms with Crippen LogP contribution in [0.1, 0.15) is 10.6 Å². The molecule has 0 bridgehead atoms. The fourth-order valence-corrected chi connectivity index (χ4v) is 3.03. The van der Waals surface area contributed by atoms with Crippen LogP contribution in [0.3, 0.4) is 0 Å². The molecule has 0 unspecified atom stereocenters. The first kappa shape index (κ1) is 14.5. The number of fused-ring (bicyclic) bond motifs is 1. The maximum Gasteiger partial charge on any atom is 0.420 e. The monoisotopic (exact) mass is 317 g/mol. The summed E-state index contributed by atoms with van der Waals surface area (Å²) in [5, 5.41) is 2.82. The van der Waals surface area contributed by atoms with E-state index in [2.05, 4.69) is 10.3 Å². The van der Waals surface area contributed by atoms with E-state index in [1.165, 1.54) is 4.57 Å². The predicted octanol–water partition coefficient (Wildman–Crippen LogP) is 1.72. The van der Waals surface area contributed by atoms with Crippen molar-refractivity contribution in [1.29, 1.82) is 0 Å². The molecule has 1 N–H and O–H groups in total. The van der Waals surface area contributed by atoms with Crippen LogP contribution in [-0.4, -0.2) is 22.0 Å². The molecule has 1 amide bonds. The molecule has 114 valence electrons. The molecular weight excluding hydrogens is 302 g/mol. The lowest BCUT2D eigenvalue weighted by molar-refractivity contribution is -0.121. The highest BCUT2D eigenvalue weighted by molar-refractivity contribution is 7.09. The standard InChI is InChI=1S/C15H15N3O3S/c1-10-13(22-9-17-10)6-7-16-14(19)8-18-11-4-2-3-5-12(11)21-15(18)20/h2-5,9H,6-8H2,1H3,(H,16,19). The zero-order chi connectivity index (χ0) is 15.5. The van der Waals surface area contributed by atoms with Gasteiger partial charge in [-0.2, -0.15) is 0 Å². The first-order chi connectivity index (χ1) is 10.6. The number of amides is 1. The second-order valence-corrected chi connectivity index (χ2v) is 5.82. The topological polar surface area (TPSA) is 77.1 Å². The summed E-state index contributed by atoms with van der Waals surface area (Å²) in [6.45, 7) is 2.43. The summed E-state index contributed by atoms with van der Waals surface area (Å²) in [6.07, 6.45) is 0.739. The summed E-state index contributed by atoms with van der Waals surface area (Å²) in [5.74, 6) is -0.731. The summed E-state index contributed by atoms with van der Waals surface area (Å²) in [6, 6.07) is 7.05. The highest BCUT2D eigenvalue weighted by atomic mass is 32.1. The number of para-hydroxylation sites is 2. The van der Waals surface area contributed by atoms with Gasteiger partial charge in [0.25, 0.3) is 0 Å². The Balaban J connectivity index is 1.63. The van der Waals surface area contributed by atoms with Crippen LogP contribution in [-0.2, 0) is 17.8 Å². The first-order valence-electron chi connectivity index (χ1n) is 6.89. The van der Waals surface area contributed by atoms with Crippen LogP contribution < -0.4 is 11.1 Å². The van der Waals surface area contributed by atoms with Crippen molar-refractivity contribution in [2.75, 3.05) is 6.54 Å². The summed E-state index contributed by atoms with van der Waals surface area (Å²) in [7, 11) is 0. The third-order valence-corrected chi connectivity index (χ3v) is 4.39. The quantitative estimate of drug-likeness (QED) is 0.777. The van der Waals surface area contributed by atoms with Gasteiger partial charge in [-0.15, -0.1) is 11.3 Å². The number of nitrogens with zero attached hydrogens (tertiary/aromatic N) is 2. The summed E-state index contributed by atoms with van der Waals surface area (Å²) in [5.41, 5.74) is 3.90. The largest absolute Gasteiger partial charge is 0.420 e. The Hall–Kier alpha value is -2.41. The minimum Gasteiger partial charge on any atom is -0.408 e. The van der Waals surface area contributed by atoms with Gasteiger partial charge in [0.1, 0.15) is 6.54 Å². The molecule has 6 nitrogen and oxygen atoms in total. The number of hydrogen-bond acceptors (Lipinski definition) is 5. The van der Waals surface area contributed by atoms with E-state index in [4.69, 9.17) is 4.42 Å². The van der Waals surface area contributed by atoms with Crippen LogP contribution in [0.4, 0.5) is 0 Å². The van der Waals surface area contributed by atoms with Crippen LogP contribution in [0.5, 0.6) is 0 Å². The maximum absolute atomic E-state index is 12.0. The molecule has 0 fully saturated rings. The van der Waals surface area contributed by atoms with E-state index < -0.39 is 5.76 Å². The van der Waals surface area contributed by atoms with Crippen molar-refractivity contribution in [2.24, 2.45) is 0 Å². The minimum atomic E-state index is -0.519. The van der Waals surface area contributed by atoms with Crippen molar-refractivity contribution < 1.29 is 9.21 Å². The first-order valence-corrected chi connectivity index (χ1v) is 7.77. The van der Waals surface area contributed by atoms with E-state index in [-0.39, 0.29) is 12.5 Å². The number of benzene rings is 1. The average Bonchev–Trinajstić information content (AvgIpc) is 3.04. The van der Waals surface area contributed by atoms with E-state index >= 15 is 0 Å². The Morgan fingerprint density at radius 2 is 2.23 bits per heavy atom. The molecule has 3 aromatic rings. The molecule has 0 aliphatic heterocycles. The highest BCUT2D eigenvalue weighted by Crippen LogP contribution is 2.12. The van der Waals surface area contributed by atoms with Gasteiger partial charge in [0.2, 0.25) is 5.91 Å². The number of aromatic nitrogens is 2. The molecule has 0 aliphatic rings. The van der Waals surface area contributed by atoms with Crippen LogP contribution in [0, 0.1) is 6.92 Å². The Morgan fingerprint density at radius 3 is 3.00 bits per heavy atom. The number of hydrogen-bond donors (Lipinski definition) is 1. The van der Waals surface area contributed by atoms with Crippen molar-refractivity contribution in [3.05, 3.63) is 50.9 Å². The van der Waals surface area contributed by atoms with Crippen molar-refractivity contribution in [1.82, 2.24) is 14.9 Å². The van der Waals surface area contributed by atoms with Gasteiger partial charge in [-0.1, -0.05) is 12.1 Å². The smallest absolute Gasteiger partial charge is 0.408 e. The Labute approximate surface area is 130 Å². The van der Waals surface area contributed by atoms with E-state index in [9.17, 15) is 9.59 Å². The normalized spacial score (nSPS) is 11.0. The molecule has 22 heavy (non-hydrogen) atoms. The zero-order valence-electron chi connectivity index (χ0n) is 12.0. The van der Waals surface area contributed by atoms with E-state index in [0.717, 1.165) is 17.0 Å². The SMILES string of the molecule is Cc1ncsc1CCNC(=O)Cn1c(=O)oc2ccccc21. The van der Waals surface area contributed by atoms with E-state index in [1.807, 2.05) is 6.92 Å². The second kappa shape index (κ2) is 6.15. The lowest BCUT2D eigenvalue weighted by Crippen LogP contribution is -2.32. The van der Waals surface area contributed by atoms with Crippen molar-refractivity contribution in [2.45, 2.75) is 19.9 Å². The molecule has 2 aromatic heterocycles. The summed E-state index contributed by atoms with van der Waals surface area (Å²) in [4.78, 5) is 29.1. The second-order valence-electron chi connectivity index (χ2n) is 4.88. The molecular formula is C15H15N3O3S. The van der Waals surface area contributed by atoms with Gasteiger partial charge in [0, 0.05) is 17.8 Å². The molecule has 0 saturated carbocycles. The molecule has 0 spiro atoms. The van der Waals surface area contributed by atoms with Crippen molar-refractivity contribution in [3.63, 3.8) is 0 Å². The number of nitrogens with one attached hydrogen (secondary N) is 1. The third-order valence-electron chi connectivity index (χ3n) is 3.39. The molecule has 3 rings (SSSR count). The number of carbonyl (C=O) groups is 1. The van der Waals surface area contributed by atoms with Gasteiger partial charge in [-0.3, -0.25) is 9.36 Å². The number of aryl methyl sites for hydroxylation is 1. The summed E-state index contributed by atoms with van der Waals surface area (Å²) < 4.78 is 6.44. The van der Waals surface area contributed by atoms with Gasteiger partial charge in [0.05, 0.1) is 16.7 Å². The fraction of sp³-hybridized carbons (Fsp3) is 0.267. The van der Waals surface area contributed by atoms with Crippen LogP contribution in [0.25, 0.3) is 11.1 Å². The molecule has 0 saturated heterocycles. The number of oxazole rings is 1. The van der Waals surface area contributed by atoms with Crippen LogP contribution in [0.2, 0.25) is 0 Å². The van der Waals surface area contributed by atoms with Crippen molar-refractivity contribution >= 4 is 28.3 Å². The zero-order valence-corrected chi connectivity index (χ0v) is 12.9. The van der Waals surface area contributed by atoms with Crippen molar-refractivity contribution in [3.8, 4) is 0 Å². The summed E-state index contributed by atoms with van der Waals surface area (Å²) >= 11 is 1.58. The van der Waals surface area contributed by atoms with Gasteiger partial charge in [-0.05, 0) is 19.1 Å². The minimum absolute atomic E-state index is 0.0441. The molecule has 7 heteroatoms. The van der Waals surface area contributed by atoms with Gasteiger partial charge in [0.15, 0.2) is 5.58 Å². The molecule has 2 heterocycles. The highest BCUT2D eigenvalue weighted by Gasteiger charge is 2.12. The van der Waals surface area contributed by atoms with Gasteiger partial charge >= 0.3 is 5.76 Å². The van der Waals surface area contributed by atoms with Gasteiger partial charge in [-0.25, -0.2) is 9.78 Å². The molecule has 0 atom stereocenters. The fourth-order valence-electron chi connectivity index (χ4n) is 2.24. The molecule has 0 radical (unpaired) electrons. The maximum atomic E-state index is 12.0. The van der Waals surface area contributed by atoms with Crippen LogP contribution >= 0.6 is 11.3 Å². The Bertz CT molecular complexity index is 862. The molecule has 0 aliphatic carbocycles. The third kappa shape index (κ3) is 2.94. The number of carbonyl (C=O) groups excluding carboxylic acids is 1. The number of rotatable bonds is 5. The van der Waals surface area contributed by atoms with Crippen LogP contribution in [0.15, 0.2) is 39.0 Å². The Morgan fingerprint density at radius 1 is 1.41 bits per heavy atom. The number of thiazole rings is 1. The molecule has 1 aromatic carbocycles. The Kier molecular flexibility index (Phi) is 4.06. The van der Waals surface area contributed by atoms with E-state index in [1.54, 1.807) is 41.1 Å². The predicted molar refractivity (Wildman–Crippen MR) is 84.0 cm³/mol.